The molecule has 2 saturated carbocycles. The second-order valence-electron chi connectivity index (χ2n) is 15.9. The largest absolute Gasteiger partial charge is 0.459 e. The highest BCUT2D eigenvalue weighted by Gasteiger charge is 2.62. The molecule has 2 amide bonds. The number of benzene rings is 2. The van der Waals surface area contributed by atoms with Crippen LogP contribution < -0.4 is 9.46 Å². The van der Waals surface area contributed by atoms with E-state index in [4.69, 9.17) is 4.74 Å². The summed E-state index contributed by atoms with van der Waals surface area (Å²) >= 11 is 0. The van der Waals surface area contributed by atoms with E-state index in [0.717, 1.165) is 24.1 Å². The summed E-state index contributed by atoms with van der Waals surface area (Å²) in [7, 11) is -4.00. The summed E-state index contributed by atoms with van der Waals surface area (Å²) in [6, 6.07) is 8.98. The van der Waals surface area contributed by atoms with E-state index in [9.17, 15) is 40.4 Å². The number of Topliss-reactive ketones (excluding diaryl/α,β-unsaturated/α-hetero) is 1. The minimum Gasteiger partial charge on any atom is -0.459 e. The molecule has 2 aliphatic heterocycles. The normalized spacial score (nSPS) is 27.8. The first-order valence-electron chi connectivity index (χ1n) is 19.1. The van der Waals surface area contributed by atoms with Crippen molar-refractivity contribution in [1.29, 1.82) is 0 Å². The molecular formula is C40H46F4N4O6S. The Bertz CT molecular complexity index is 2130. The third-order valence-electron chi connectivity index (χ3n) is 11.9. The number of halogens is 4. The molecule has 3 fully saturated rings. The topological polar surface area (TPSA) is 128 Å². The standard InChI is InChI=1S/C40H46F4N4O6S/c1-3-47-32-14-10-9-13-31(32)45-37(47)54-30-21-33-34(49)23-39(36(51)46-55(52,53)38(2)15-16-38)22-27(39)12-8-6-4-5-7-11-26(35(50)48(33)24-30)17-25-18-28(40(42,43)44)20-29(41)19-25/h8-10,12-14,18-20,26-27,30,33H,3-7,11,15-17,21-24H2,1-2H3,(H,46,51)/b12-8-/t26-,27+,30-,33+,39-/m1/s1. The number of ether oxygens (including phenoxy) is 1. The van der Waals surface area contributed by atoms with Crippen LogP contribution in [-0.2, 0) is 43.5 Å². The average Bonchev–Trinajstić information content (AvgIpc) is 3.95. The van der Waals surface area contributed by atoms with Gasteiger partial charge in [0.05, 0.1) is 39.3 Å². The van der Waals surface area contributed by atoms with Gasteiger partial charge in [-0.25, -0.2) is 12.8 Å². The molecule has 5 atom stereocenters. The van der Waals surface area contributed by atoms with Crippen molar-refractivity contribution in [3.8, 4) is 6.01 Å². The molecule has 3 aromatic rings. The van der Waals surface area contributed by atoms with E-state index in [1.54, 1.807) is 6.92 Å². The summed E-state index contributed by atoms with van der Waals surface area (Å²) in [6.07, 6.45) is 1.89. The van der Waals surface area contributed by atoms with Crippen LogP contribution in [0.15, 0.2) is 54.6 Å². The Labute approximate surface area is 317 Å². The molecule has 3 heterocycles. The van der Waals surface area contributed by atoms with Crippen LogP contribution in [0.1, 0.15) is 89.2 Å². The van der Waals surface area contributed by atoms with Crippen molar-refractivity contribution in [2.75, 3.05) is 6.54 Å². The summed E-state index contributed by atoms with van der Waals surface area (Å²) in [6.45, 7) is 4.00. The number of nitrogens with zero attached hydrogens (tertiary/aromatic N) is 3. The zero-order valence-corrected chi connectivity index (χ0v) is 31.7. The van der Waals surface area contributed by atoms with Crippen molar-refractivity contribution in [3.05, 3.63) is 71.6 Å². The van der Waals surface area contributed by atoms with Crippen LogP contribution in [0, 0.1) is 23.1 Å². The molecule has 1 aromatic heterocycles. The predicted octanol–water partition coefficient (Wildman–Crippen LogP) is 6.91. The van der Waals surface area contributed by atoms with Crippen LogP contribution in [0.4, 0.5) is 17.6 Å². The Hall–Kier alpha value is -4.27. The third kappa shape index (κ3) is 7.90. The van der Waals surface area contributed by atoms with Crippen molar-refractivity contribution in [1.82, 2.24) is 19.2 Å². The number of carbonyl (C=O) groups excluding carboxylic acids is 3. The number of para-hydroxylation sites is 2. The molecule has 1 saturated heterocycles. The van der Waals surface area contributed by atoms with Gasteiger partial charge in [0.25, 0.3) is 6.01 Å². The summed E-state index contributed by atoms with van der Waals surface area (Å²) in [5.41, 5.74) is -0.932. The number of carbonyl (C=O) groups is 3. The first-order valence-corrected chi connectivity index (χ1v) is 20.6. The van der Waals surface area contributed by atoms with E-state index >= 15 is 0 Å². The lowest BCUT2D eigenvalue weighted by atomic mass is 9.89. The van der Waals surface area contributed by atoms with Gasteiger partial charge in [-0.15, -0.1) is 0 Å². The highest BCUT2D eigenvalue weighted by molar-refractivity contribution is 7.91. The molecule has 2 aliphatic carbocycles. The Kier molecular flexibility index (Phi) is 10.4. The zero-order chi connectivity index (χ0) is 39.3. The minimum atomic E-state index is -4.79. The summed E-state index contributed by atoms with van der Waals surface area (Å²) in [4.78, 5) is 49.1. The first-order chi connectivity index (χ1) is 26.0. The van der Waals surface area contributed by atoms with Crippen LogP contribution in [-0.4, -0.2) is 63.9 Å². The lowest BCUT2D eigenvalue weighted by Gasteiger charge is -2.29. The molecular weight excluding hydrogens is 741 g/mol. The molecule has 0 unspecified atom stereocenters. The monoisotopic (exact) mass is 786 g/mol. The van der Waals surface area contributed by atoms with Gasteiger partial charge in [-0.1, -0.05) is 37.1 Å². The van der Waals surface area contributed by atoms with Gasteiger partial charge in [0.2, 0.25) is 21.8 Å². The molecule has 15 heteroatoms. The van der Waals surface area contributed by atoms with Gasteiger partial charge < -0.3 is 9.64 Å². The number of sulfonamides is 1. The molecule has 2 aromatic carbocycles. The molecule has 0 spiro atoms. The van der Waals surface area contributed by atoms with Gasteiger partial charge in [0.1, 0.15) is 11.9 Å². The Morgan fingerprint density at radius 2 is 1.85 bits per heavy atom. The summed E-state index contributed by atoms with van der Waals surface area (Å²) in [5, 5.41) is 0. The van der Waals surface area contributed by atoms with E-state index in [1.807, 2.05) is 47.9 Å². The van der Waals surface area contributed by atoms with Crippen molar-refractivity contribution in [2.45, 2.75) is 114 Å². The van der Waals surface area contributed by atoms with Crippen molar-refractivity contribution in [3.63, 3.8) is 0 Å². The highest BCUT2D eigenvalue weighted by atomic mass is 32.2. The minimum absolute atomic E-state index is 0.0140. The lowest BCUT2D eigenvalue weighted by molar-refractivity contribution is -0.142. The molecule has 0 radical (unpaired) electrons. The van der Waals surface area contributed by atoms with E-state index in [0.29, 0.717) is 62.7 Å². The highest BCUT2D eigenvalue weighted by Crippen LogP contribution is 2.57. The predicted molar refractivity (Wildman–Crippen MR) is 196 cm³/mol. The molecule has 55 heavy (non-hydrogen) atoms. The molecule has 1 N–H and O–H groups in total. The maximum atomic E-state index is 14.7. The smallest absolute Gasteiger partial charge is 0.416 e. The zero-order valence-electron chi connectivity index (χ0n) is 30.9. The van der Waals surface area contributed by atoms with Crippen LogP contribution in [0.3, 0.4) is 0 Å². The SMILES string of the molecule is CCn1c(O[C@@H]2C[C@H]3C(=O)C[C@]4(C(=O)NS(=O)(=O)C5(C)CC5)C[C@@H]4/C=C\CCCCC[C@H](Cc4cc(F)cc(C(F)(F)F)c4)C(=O)N3C2)nc2ccccc21. The second kappa shape index (κ2) is 14.7. The van der Waals surface area contributed by atoms with Crippen molar-refractivity contribution in [2.24, 2.45) is 17.3 Å². The van der Waals surface area contributed by atoms with Crippen molar-refractivity contribution >= 4 is 38.7 Å². The first kappa shape index (κ1) is 39.0. The number of hydrogen-bond acceptors (Lipinski definition) is 7. The second-order valence-corrected chi connectivity index (χ2v) is 18.1. The maximum absolute atomic E-state index is 14.7. The third-order valence-corrected chi connectivity index (χ3v) is 14.1. The van der Waals surface area contributed by atoms with Gasteiger partial charge in [0.15, 0.2) is 5.78 Å². The van der Waals surface area contributed by atoms with Gasteiger partial charge in [0, 0.05) is 25.3 Å². The summed E-state index contributed by atoms with van der Waals surface area (Å²) in [5.74, 6) is -3.99. The Morgan fingerprint density at radius 1 is 1.09 bits per heavy atom. The molecule has 4 aliphatic rings. The fourth-order valence-electron chi connectivity index (χ4n) is 8.23. The van der Waals surface area contributed by atoms with Gasteiger partial charge in [-0.2, -0.15) is 18.2 Å². The Morgan fingerprint density at radius 3 is 2.58 bits per heavy atom. The van der Waals surface area contributed by atoms with Crippen LogP contribution in [0.5, 0.6) is 6.01 Å². The maximum Gasteiger partial charge on any atom is 0.416 e. The van der Waals surface area contributed by atoms with Crippen LogP contribution in [0.2, 0.25) is 0 Å². The number of alkyl halides is 3. The van der Waals surface area contributed by atoms with Gasteiger partial charge in [-0.3, -0.25) is 23.7 Å². The van der Waals surface area contributed by atoms with E-state index in [2.05, 4.69) is 9.71 Å². The number of ketones is 1. The number of fused-ring (bicyclic) bond motifs is 3. The average molecular weight is 787 g/mol. The molecule has 296 valence electrons. The summed E-state index contributed by atoms with van der Waals surface area (Å²) < 4.78 is 91.4. The van der Waals surface area contributed by atoms with Crippen LogP contribution >= 0.6 is 0 Å². The lowest BCUT2D eigenvalue weighted by Crippen LogP contribution is -2.47. The van der Waals surface area contributed by atoms with Gasteiger partial charge >= 0.3 is 6.18 Å². The van der Waals surface area contributed by atoms with Crippen LogP contribution in [0.25, 0.3) is 11.0 Å². The number of aromatic nitrogens is 2. The Balaban J connectivity index is 1.22. The number of nitrogens with one attached hydrogen (secondary N) is 1. The van der Waals surface area contributed by atoms with E-state index < -0.39 is 73.4 Å². The molecule has 10 nitrogen and oxygen atoms in total. The van der Waals surface area contributed by atoms with Gasteiger partial charge in [-0.05, 0) is 101 Å². The molecule has 7 rings (SSSR count). The fourth-order valence-corrected chi connectivity index (χ4v) is 9.57. The number of hydrogen-bond donors (Lipinski definition) is 1. The number of amides is 2. The number of imidazole rings is 1. The van der Waals surface area contributed by atoms with E-state index in [-0.39, 0.29) is 43.7 Å². The number of aryl methyl sites for hydroxylation is 1. The van der Waals surface area contributed by atoms with Crippen molar-refractivity contribution < 1.29 is 45.1 Å². The number of rotatable bonds is 8. The number of allylic oxidation sites excluding steroid dienone is 2. The fraction of sp³-hybridized carbons (Fsp3) is 0.550. The quantitative estimate of drug-likeness (QED) is 0.194. The van der Waals surface area contributed by atoms with E-state index in [1.165, 1.54) is 4.90 Å². The molecule has 0 bridgehead atoms.